The van der Waals surface area contributed by atoms with Gasteiger partial charge in [0.15, 0.2) is 0 Å². The summed E-state index contributed by atoms with van der Waals surface area (Å²) in [6.07, 6.45) is 2.30. The molecule has 0 saturated carbocycles. The molecule has 1 unspecified atom stereocenters. The van der Waals surface area contributed by atoms with Crippen LogP contribution in [0, 0.1) is 0 Å². The van der Waals surface area contributed by atoms with E-state index in [1.54, 1.807) is 0 Å². The number of hydrogen-bond acceptors (Lipinski definition) is 5. The van der Waals surface area contributed by atoms with Crippen molar-refractivity contribution in [3.8, 4) is 0 Å². The molecular formula is C12H17BrN2O4S2. The summed E-state index contributed by atoms with van der Waals surface area (Å²) in [6, 6.07) is 0.954. The average Bonchev–Trinajstić information content (AvgIpc) is 2.97. The van der Waals surface area contributed by atoms with Gasteiger partial charge in [-0.2, -0.15) is 0 Å². The van der Waals surface area contributed by atoms with Crippen molar-refractivity contribution in [2.24, 2.45) is 0 Å². The van der Waals surface area contributed by atoms with Gasteiger partial charge < -0.3 is 10.0 Å². The number of thiophene rings is 1. The van der Waals surface area contributed by atoms with Gasteiger partial charge in [0, 0.05) is 12.6 Å². The summed E-state index contributed by atoms with van der Waals surface area (Å²) in [6.45, 7) is 4.47. The molecule has 6 nitrogen and oxygen atoms in total. The smallest absolute Gasteiger partial charge is 0.345 e. The highest BCUT2D eigenvalue weighted by atomic mass is 79.9. The first-order valence-corrected chi connectivity index (χ1v) is 9.66. The maximum atomic E-state index is 12.3. The first-order valence-electron chi connectivity index (χ1n) is 6.57. The summed E-state index contributed by atoms with van der Waals surface area (Å²) in [5, 5.41) is 8.93. The number of hydrogen-bond donors (Lipinski definition) is 2. The standard InChI is InChI=1S/C12H17BrN2O4S2/c1-8(7-15-4-2-3-5-15)14-21(18,19)10-6-9(12(16)17)20-11(10)13/h6,8,14H,2-5,7H2,1H3,(H,16,17). The van der Waals surface area contributed by atoms with Crippen LogP contribution in [0.4, 0.5) is 0 Å². The molecule has 1 aliphatic rings. The van der Waals surface area contributed by atoms with E-state index in [2.05, 4.69) is 25.6 Å². The maximum absolute atomic E-state index is 12.3. The minimum Gasteiger partial charge on any atom is -0.477 e. The van der Waals surface area contributed by atoms with Gasteiger partial charge in [-0.25, -0.2) is 17.9 Å². The minimum absolute atomic E-state index is 0.00514. The Kier molecular flexibility index (Phi) is 5.42. The molecule has 0 aliphatic carbocycles. The second-order valence-electron chi connectivity index (χ2n) is 5.08. The molecule has 0 bridgehead atoms. The quantitative estimate of drug-likeness (QED) is 0.767. The molecule has 1 fully saturated rings. The predicted octanol–water partition coefficient (Wildman–Crippen LogP) is 1.97. The first kappa shape index (κ1) is 16.9. The average molecular weight is 397 g/mol. The van der Waals surface area contributed by atoms with Gasteiger partial charge in [0.1, 0.15) is 9.77 Å². The molecule has 1 atom stereocenters. The van der Waals surface area contributed by atoms with Crippen LogP contribution >= 0.6 is 27.3 Å². The lowest BCUT2D eigenvalue weighted by molar-refractivity contribution is 0.0702. The van der Waals surface area contributed by atoms with E-state index in [1.165, 1.54) is 6.07 Å². The molecule has 1 aliphatic heterocycles. The Morgan fingerprint density at radius 3 is 2.67 bits per heavy atom. The van der Waals surface area contributed by atoms with Crippen LogP contribution in [-0.2, 0) is 10.0 Å². The lowest BCUT2D eigenvalue weighted by Gasteiger charge is -2.20. The molecule has 118 valence electrons. The van der Waals surface area contributed by atoms with Crippen LogP contribution in [0.15, 0.2) is 14.7 Å². The minimum atomic E-state index is -3.72. The van der Waals surface area contributed by atoms with E-state index in [0.717, 1.165) is 37.3 Å². The van der Waals surface area contributed by atoms with Crippen molar-refractivity contribution in [2.75, 3.05) is 19.6 Å². The zero-order valence-corrected chi connectivity index (χ0v) is 14.7. The summed E-state index contributed by atoms with van der Waals surface area (Å²) in [7, 11) is -3.72. The topological polar surface area (TPSA) is 86.7 Å². The Balaban J connectivity index is 2.08. The van der Waals surface area contributed by atoms with Crippen LogP contribution in [0.1, 0.15) is 29.4 Å². The maximum Gasteiger partial charge on any atom is 0.345 e. The molecule has 0 amide bonds. The predicted molar refractivity (Wildman–Crippen MR) is 84.4 cm³/mol. The molecule has 2 rings (SSSR count). The van der Waals surface area contributed by atoms with Crippen LogP contribution in [0.5, 0.6) is 0 Å². The number of rotatable bonds is 6. The summed E-state index contributed by atoms with van der Waals surface area (Å²) in [5.74, 6) is -1.13. The normalized spacial score (nSPS) is 18.0. The number of nitrogens with zero attached hydrogens (tertiary/aromatic N) is 1. The van der Waals surface area contributed by atoms with E-state index < -0.39 is 16.0 Å². The van der Waals surface area contributed by atoms with Crippen LogP contribution in [0.3, 0.4) is 0 Å². The second-order valence-corrected chi connectivity index (χ2v) is 9.14. The van der Waals surface area contributed by atoms with Crippen LogP contribution in [0.25, 0.3) is 0 Å². The lowest BCUT2D eigenvalue weighted by atomic mass is 10.3. The van der Waals surface area contributed by atoms with Crippen LogP contribution < -0.4 is 4.72 Å². The number of carbonyl (C=O) groups is 1. The molecule has 1 aromatic rings. The number of carboxylic acids is 1. The fourth-order valence-corrected chi connectivity index (χ4v) is 6.00. The molecule has 9 heteroatoms. The van der Waals surface area contributed by atoms with Crippen molar-refractivity contribution in [1.82, 2.24) is 9.62 Å². The van der Waals surface area contributed by atoms with Gasteiger partial charge in [0.05, 0.1) is 3.79 Å². The van der Waals surface area contributed by atoms with Gasteiger partial charge in [-0.15, -0.1) is 11.3 Å². The van der Waals surface area contributed by atoms with E-state index in [4.69, 9.17) is 5.11 Å². The monoisotopic (exact) mass is 396 g/mol. The van der Waals surface area contributed by atoms with E-state index in [9.17, 15) is 13.2 Å². The highest BCUT2D eigenvalue weighted by Crippen LogP contribution is 2.31. The van der Waals surface area contributed by atoms with Gasteiger partial charge in [-0.3, -0.25) is 0 Å². The third kappa shape index (κ3) is 4.26. The van der Waals surface area contributed by atoms with Crippen molar-refractivity contribution in [2.45, 2.75) is 30.7 Å². The Morgan fingerprint density at radius 2 is 2.14 bits per heavy atom. The molecule has 1 aromatic heterocycles. The first-order chi connectivity index (χ1) is 9.79. The van der Waals surface area contributed by atoms with Crippen molar-refractivity contribution >= 4 is 43.3 Å². The zero-order valence-electron chi connectivity index (χ0n) is 11.5. The molecule has 2 N–H and O–H groups in total. The van der Waals surface area contributed by atoms with E-state index >= 15 is 0 Å². The number of likely N-dealkylation sites (tertiary alicyclic amines) is 1. The molecule has 1 saturated heterocycles. The number of nitrogens with one attached hydrogen (secondary N) is 1. The molecule has 0 spiro atoms. The number of sulfonamides is 1. The Labute approximate surface area is 136 Å². The lowest BCUT2D eigenvalue weighted by Crippen LogP contribution is -2.41. The molecule has 21 heavy (non-hydrogen) atoms. The second kappa shape index (κ2) is 6.74. The van der Waals surface area contributed by atoms with Crippen molar-refractivity contribution in [1.29, 1.82) is 0 Å². The van der Waals surface area contributed by atoms with Gasteiger partial charge in [0.2, 0.25) is 10.0 Å². The highest BCUT2D eigenvalue weighted by molar-refractivity contribution is 9.11. The summed E-state index contributed by atoms with van der Waals surface area (Å²) in [4.78, 5) is 13.1. The molecule has 0 radical (unpaired) electrons. The largest absolute Gasteiger partial charge is 0.477 e. The SMILES string of the molecule is CC(CN1CCCC1)NS(=O)(=O)c1cc(C(=O)O)sc1Br. The Hall–Kier alpha value is -0.480. The van der Waals surface area contributed by atoms with Gasteiger partial charge in [-0.1, -0.05) is 0 Å². The summed E-state index contributed by atoms with van der Waals surface area (Å²) in [5.41, 5.74) is 0. The molecule has 2 heterocycles. The van der Waals surface area contributed by atoms with E-state index in [-0.39, 0.29) is 15.8 Å². The summed E-state index contributed by atoms with van der Waals surface area (Å²) >= 11 is 4.02. The van der Waals surface area contributed by atoms with Gasteiger partial charge in [-0.05, 0) is 54.9 Å². The van der Waals surface area contributed by atoms with Crippen LogP contribution in [-0.4, -0.2) is 50.1 Å². The van der Waals surface area contributed by atoms with Crippen molar-refractivity contribution in [3.05, 3.63) is 14.7 Å². The molecular weight excluding hydrogens is 380 g/mol. The third-order valence-electron chi connectivity index (χ3n) is 3.24. The third-order valence-corrected chi connectivity index (χ3v) is 7.07. The number of halogens is 1. The fraction of sp³-hybridized carbons (Fsp3) is 0.583. The number of carboxylic acid groups (broad SMARTS) is 1. The van der Waals surface area contributed by atoms with Crippen LogP contribution in [0.2, 0.25) is 0 Å². The van der Waals surface area contributed by atoms with Gasteiger partial charge in [0.25, 0.3) is 0 Å². The summed E-state index contributed by atoms with van der Waals surface area (Å²) < 4.78 is 27.6. The Bertz CT molecular complexity index is 623. The van der Waals surface area contributed by atoms with E-state index in [1.807, 2.05) is 6.92 Å². The zero-order chi connectivity index (χ0) is 15.6. The molecule has 0 aromatic carbocycles. The highest BCUT2D eigenvalue weighted by Gasteiger charge is 2.25. The fourth-order valence-electron chi connectivity index (χ4n) is 2.36. The number of aromatic carboxylic acids is 1. The van der Waals surface area contributed by atoms with Crippen molar-refractivity contribution in [3.63, 3.8) is 0 Å². The van der Waals surface area contributed by atoms with Crippen molar-refractivity contribution < 1.29 is 18.3 Å². The Morgan fingerprint density at radius 1 is 1.52 bits per heavy atom. The van der Waals surface area contributed by atoms with Gasteiger partial charge >= 0.3 is 5.97 Å². The van der Waals surface area contributed by atoms with E-state index in [0.29, 0.717) is 10.3 Å².